The fraction of sp³-hybridized carbons (Fsp3) is 0.455. The van der Waals surface area contributed by atoms with Gasteiger partial charge in [0.1, 0.15) is 0 Å². The number of halogens is 4. The highest BCUT2D eigenvalue weighted by Crippen LogP contribution is 2.29. The maximum atomic E-state index is 11.8. The van der Waals surface area contributed by atoms with E-state index in [1.54, 1.807) is 0 Å². The van der Waals surface area contributed by atoms with Crippen LogP contribution in [0.2, 0.25) is 0 Å². The normalized spacial score (nSPS) is 13.6. The summed E-state index contributed by atoms with van der Waals surface area (Å²) in [4.78, 5) is 0. The molecule has 0 saturated heterocycles. The molecule has 96 valence electrons. The first-order valence-electron chi connectivity index (χ1n) is 5.09. The van der Waals surface area contributed by atoms with E-state index in [9.17, 15) is 13.2 Å². The zero-order chi connectivity index (χ0) is 12.7. The third kappa shape index (κ3) is 6.81. The molecule has 0 radical (unpaired) electrons. The van der Waals surface area contributed by atoms with Crippen molar-refractivity contribution in [1.82, 2.24) is 5.32 Å². The van der Waals surface area contributed by atoms with Gasteiger partial charge in [-0.1, -0.05) is 30.3 Å². The number of nitrogens with one attached hydrogen (secondary N) is 1. The Morgan fingerprint density at radius 1 is 1.24 bits per heavy atom. The Bertz CT molecular complexity index is 318. The van der Waals surface area contributed by atoms with Crippen molar-refractivity contribution in [3.63, 3.8) is 0 Å². The molecule has 1 atom stereocenters. The first kappa shape index (κ1) is 14.7. The van der Waals surface area contributed by atoms with Crippen molar-refractivity contribution in [3.05, 3.63) is 35.9 Å². The van der Waals surface area contributed by atoms with E-state index in [2.05, 4.69) is 5.32 Å². The van der Waals surface area contributed by atoms with E-state index in [0.717, 1.165) is 5.56 Å². The highest BCUT2D eigenvalue weighted by Gasteiger charge is 2.27. The molecule has 1 unspecified atom stereocenters. The van der Waals surface area contributed by atoms with Gasteiger partial charge in [0, 0.05) is 18.8 Å². The fourth-order valence-electron chi connectivity index (χ4n) is 1.25. The van der Waals surface area contributed by atoms with E-state index in [1.165, 1.54) is 0 Å². The Kier molecular flexibility index (Phi) is 6.16. The molecule has 1 aromatic carbocycles. The van der Waals surface area contributed by atoms with E-state index < -0.39 is 5.51 Å². The third-order valence-electron chi connectivity index (χ3n) is 2.03. The monoisotopic (exact) mass is 283 g/mol. The summed E-state index contributed by atoms with van der Waals surface area (Å²) >= 11 is 6.06. The molecule has 0 aromatic heterocycles. The van der Waals surface area contributed by atoms with E-state index in [1.807, 2.05) is 30.3 Å². The van der Waals surface area contributed by atoms with E-state index in [0.29, 0.717) is 13.1 Å². The average molecular weight is 284 g/mol. The van der Waals surface area contributed by atoms with Gasteiger partial charge in [-0.15, -0.1) is 11.6 Å². The molecular formula is C11H13ClF3NS. The van der Waals surface area contributed by atoms with Crippen molar-refractivity contribution in [1.29, 1.82) is 0 Å². The Hall–Kier alpha value is -0.390. The lowest BCUT2D eigenvalue weighted by Crippen LogP contribution is -2.22. The minimum atomic E-state index is -4.15. The van der Waals surface area contributed by atoms with Crippen molar-refractivity contribution in [2.75, 3.05) is 18.8 Å². The van der Waals surface area contributed by atoms with E-state index >= 15 is 0 Å². The lowest BCUT2D eigenvalue weighted by atomic mass is 10.1. The summed E-state index contributed by atoms with van der Waals surface area (Å²) in [5.74, 6) is 0.00188. The highest BCUT2D eigenvalue weighted by molar-refractivity contribution is 8.00. The number of hydrogen-bond acceptors (Lipinski definition) is 2. The second-order valence-electron chi connectivity index (χ2n) is 3.38. The molecule has 0 aliphatic heterocycles. The average Bonchev–Trinajstić information content (AvgIpc) is 2.28. The first-order valence-corrected chi connectivity index (χ1v) is 6.51. The zero-order valence-corrected chi connectivity index (χ0v) is 10.6. The Morgan fingerprint density at radius 3 is 2.47 bits per heavy atom. The van der Waals surface area contributed by atoms with Crippen LogP contribution < -0.4 is 5.32 Å². The van der Waals surface area contributed by atoms with Gasteiger partial charge in [-0.25, -0.2) is 0 Å². The second kappa shape index (κ2) is 7.13. The standard InChI is InChI=1S/C11H13ClF3NS/c12-10(9-4-2-1-3-5-9)8-16-6-7-17-11(13,14)15/h1-5,10,16H,6-8H2. The van der Waals surface area contributed by atoms with Crippen LogP contribution in [-0.2, 0) is 0 Å². The lowest BCUT2D eigenvalue weighted by molar-refractivity contribution is -0.0327. The molecule has 0 saturated carbocycles. The summed E-state index contributed by atoms with van der Waals surface area (Å²) in [5.41, 5.74) is -3.19. The molecule has 1 aromatic rings. The predicted molar refractivity (Wildman–Crippen MR) is 66.4 cm³/mol. The molecular weight excluding hydrogens is 271 g/mol. The highest BCUT2D eigenvalue weighted by atomic mass is 35.5. The molecule has 1 nitrogen and oxygen atoms in total. The molecule has 17 heavy (non-hydrogen) atoms. The molecule has 1 rings (SSSR count). The maximum Gasteiger partial charge on any atom is 0.441 e. The molecule has 0 amide bonds. The predicted octanol–water partition coefficient (Wildman–Crippen LogP) is 3.81. The molecule has 0 aliphatic rings. The summed E-state index contributed by atoms with van der Waals surface area (Å²) in [5, 5.41) is 2.69. The van der Waals surface area contributed by atoms with Crippen LogP contribution >= 0.6 is 23.4 Å². The molecule has 0 fully saturated rings. The summed E-state index contributed by atoms with van der Waals surface area (Å²) in [6.07, 6.45) is 0. The molecule has 0 aliphatic carbocycles. The molecule has 0 bridgehead atoms. The topological polar surface area (TPSA) is 12.0 Å². The number of hydrogen-bond donors (Lipinski definition) is 1. The van der Waals surface area contributed by atoms with Gasteiger partial charge in [0.15, 0.2) is 0 Å². The van der Waals surface area contributed by atoms with Crippen molar-refractivity contribution in [2.45, 2.75) is 10.9 Å². The Balaban J connectivity index is 2.15. The van der Waals surface area contributed by atoms with Crippen molar-refractivity contribution in [3.8, 4) is 0 Å². The fourth-order valence-corrected chi connectivity index (χ4v) is 1.98. The largest absolute Gasteiger partial charge is 0.441 e. The lowest BCUT2D eigenvalue weighted by Gasteiger charge is -2.11. The van der Waals surface area contributed by atoms with Crippen LogP contribution in [0.5, 0.6) is 0 Å². The van der Waals surface area contributed by atoms with Crippen LogP contribution in [0, 0.1) is 0 Å². The number of thioether (sulfide) groups is 1. The van der Waals surface area contributed by atoms with Gasteiger partial charge in [-0.3, -0.25) is 0 Å². The summed E-state index contributed by atoms with van der Waals surface area (Å²) in [6.45, 7) is 0.754. The Morgan fingerprint density at radius 2 is 1.88 bits per heavy atom. The minimum absolute atomic E-state index is 0.00188. The quantitative estimate of drug-likeness (QED) is 0.629. The van der Waals surface area contributed by atoms with Crippen LogP contribution in [-0.4, -0.2) is 24.4 Å². The smallest absolute Gasteiger partial charge is 0.314 e. The minimum Gasteiger partial charge on any atom is -0.314 e. The summed E-state index contributed by atoms with van der Waals surface area (Å²) in [6, 6.07) is 9.43. The second-order valence-corrected chi connectivity index (χ2v) is 5.06. The van der Waals surface area contributed by atoms with E-state index in [-0.39, 0.29) is 22.9 Å². The van der Waals surface area contributed by atoms with Gasteiger partial charge in [0.05, 0.1) is 5.38 Å². The van der Waals surface area contributed by atoms with E-state index in [4.69, 9.17) is 11.6 Å². The first-order chi connectivity index (χ1) is 7.99. The van der Waals surface area contributed by atoms with Crippen molar-refractivity contribution >= 4 is 23.4 Å². The molecule has 6 heteroatoms. The van der Waals surface area contributed by atoms with Crippen LogP contribution in [0.3, 0.4) is 0 Å². The van der Waals surface area contributed by atoms with Gasteiger partial charge in [-0.05, 0) is 17.3 Å². The SMILES string of the molecule is FC(F)(F)SCCNCC(Cl)c1ccccc1. The van der Waals surface area contributed by atoms with Gasteiger partial charge >= 0.3 is 5.51 Å². The van der Waals surface area contributed by atoms with Crippen molar-refractivity contribution < 1.29 is 13.2 Å². The van der Waals surface area contributed by atoms with Crippen LogP contribution in [0.4, 0.5) is 13.2 Å². The summed E-state index contributed by atoms with van der Waals surface area (Å²) < 4.78 is 35.4. The van der Waals surface area contributed by atoms with Crippen molar-refractivity contribution in [2.24, 2.45) is 0 Å². The summed E-state index contributed by atoms with van der Waals surface area (Å²) in [7, 11) is 0. The molecule has 1 N–H and O–H groups in total. The maximum absolute atomic E-state index is 11.8. The van der Waals surface area contributed by atoms with Gasteiger partial charge in [0.25, 0.3) is 0 Å². The van der Waals surface area contributed by atoms with Crippen LogP contribution in [0.25, 0.3) is 0 Å². The number of rotatable bonds is 6. The van der Waals surface area contributed by atoms with Crippen LogP contribution in [0.1, 0.15) is 10.9 Å². The third-order valence-corrected chi connectivity index (χ3v) is 3.17. The van der Waals surface area contributed by atoms with Gasteiger partial charge < -0.3 is 5.32 Å². The van der Waals surface area contributed by atoms with Gasteiger partial charge in [-0.2, -0.15) is 13.2 Å². The Labute approximate surface area is 108 Å². The van der Waals surface area contributed by atoms with Gasteiger partial charge in [0.2, 0.25) is 0 Å². The zero-order valence-electron chi connectivity index (χ0n) is 9.01. The molecule has 0 spiro atoms. The molecule has 0 heterocycles. The number of alkyl halides is 4. The van der Waals surface area contributed by atoms with Crippen LogP contribution in [0.15, 0.2) is 30.3 Å². The number of benzene rings is 1.